The lowest BCUT2D eigenvalue weighted by Gasteiger charge is -2.11. The Labute approximate surface area is 118 Å². The molecule has 20 heavy (non-hydrogen) atoms. The first-order valence-electron chi connectivity index (χ1n) is 6.16. The Morgan fingerprint density at radius 3 is 0.900 bits per heavy atom. The van der Waals surface area contributed by atoms with Gasteiger partial charge in [-0.2, -0.15) is 0 Å². The molecule has 0 bridgehead atoms. The van der Waals surface area contributed by atoms with Gasteiger partial charge in [-0.05, 0) is 35.4 Å². The molecule has 0 aliphatic carbocycles. The molecule has 0 aliphatic heterocycles. The zero-order chi connectivity index (χ0) is 14.5. The smallest absolute Gasteiger partial charge is 0.123 e. The minimum absolute atomic E-state index is 0.737. The van der Waals surface area contributed by atoms with Crippen molar-refractivity contribution in [3.63, 3.8) is 0 Å². The minimum Gasteiger partial charge on any atom is -0.497 e. The molecule has 2 aromatic rings. The Hall–Kier alpha value is -2.36. The van der Waals surface area contributed by atoms with Crippen molar-refractivity contribution >= 4 is 0 Å². The van der Waals surface area contributed by atoms with Gasteiger partial charge in [0.25, 0.3) is 0 Å². The van der Waals surface area contributed by atoms with Crippen molar-refractivity contribution in [2.24, 2.45) is 0 Å². The highest BCUT2D eigenvalue weighted by atomic mass is 16.5. The van der Waals surface area contributed by atoms with Gasteiger partial charge in [0.05, 0.1) is 28.4 Å². The third-order valence-corrected chi connectivity index (χ3v) is 3.04. The second-order valence-electron chi connectivity index (χ2n) is 4.20. The summed E-state index contributed by atoms with van der Waals surface area (Å²) in [6.07, 6.45) is 0. The Morgan fingerprint density at radius 2 is 0.700 bits per heavy atom. The molecule has 2 aromatic carbocycles. The maximum Gasteiger partial charge on any atom is 0.123 e. The van der Waals surface area contributed by atoms with Crippen LogP contribution in [0.2, 0.25) is 0 Å². The van der Waals surface area contributed by atoms with E-state index >= 15 is 0 Å². The number of hydrogen-bond acceptors (Lipinski definition) is 4. The van der Waals surface area contributed by atoms with Crippen molar-refractivity contribution < 1.29 is 18.9 Å². The van der Waals surface area contributed by atoms with Gasteiger partial charge in [0.15, 0.2) is 0 Å². The minimum atomic E-state index is 0.737. The standard InChI is InChI=1S/C16H18O4/c1-17-13-5-11(6-14(9-13)18-2)12-7-15(19-3)10-16(8-12)20-4/h5-10H,1-4H3. The van der Waals surface area contributed by atoms with Crippen LogP contribution in [0.25, 0.3) is 11.1 Å². The van der Waals surface area contributed by atoms with Crippen LogP contribution in [0.15, 0.2) is 36.4 Å². The lowest BCUT2D eigenvalue weighted by atomic mass is 10.0. The van der Waals surface area contributed by atoms with Crippen molar-refractivity contribution in [2.45, 2.75) is 0 Å². The van der Waals surface area contributed by atoms with Gasteiger partial charge in [-0.15, -0.1) is 0 Å². The molecule has 0 aromatic heterocycles. The van der Waals surface area contributed by atoms with Gasteiger partial charge in [0, 0.05) is 12.1 Å². The average Bonchev–Trinajstić information content (AvgIpc) is 2.53. The van der Waals surface area contributed by atoms with Crippen LogP contribution in [-0.2, 0) is 0 Å². The number of methoxy groups -OCH3 is 4. The van der Waals surface area contributed by atoms with Gasteiger partial charge in [-0.3, -0.25) is 0 Å². The van der Waals surface area contributed by atoms with Crippen molar-refractivity contribution in [3.8, 4) is 34.1 Å². The highest BCUT2D eigenvalue weighted by molar-refractivity contribution is 5.70. The molecule has 0 spiro atoms. The van der Waals surface area contributed by atoms with Gasteiger partial charge >= 0.3 is 0 Å². The first-order chi connectivity index (χ1) is 9.69. The summed E-state index contributed by atoms with van der Waals surface area (Å²) in [5.74, 6) is 2.95. The van der Waals surface area contributed by atoms with E-state index in [1.54, 1.807) is 28.4 Å². The van der Waals surface area contributed by atoms with Crippen LogP contribution in [0.3, 0.4) is 0 Å². The molecule has 0 N–H and O–H groups in total. The van der Waals surface area contributed by atoms with Crippen molar-refractivity contribution in [3.05, 3.63) is 36.4 Å². The molecule has 106 valence electrons. The molecule has 0 unspecified atom stereocenters. The first kappa shape index (κ1) is 14.1. The quantitative estimate of drug-likeness (QED) is 0.837. The Bertz CT molecular complexity index is 495. The van der Waals surface area contributed by atoms with Crippen LogP contribution in [0.1, 0.15) is 0 Å². The summed E-state index contributed by atoms with van der Waals surface area (Å²) < 4.78 is 21.2. The predicted octanol–water partition coefficient (Wildman–Crippen LogP) is 3.39. The summed E-state index contributed by atoms with van der Waals surface area (Å²) in [4.78, 5) is 0. The second-order valence-corrected chi connectivity index (χ2v) is 4.20. The van der Waals surface area contributed by atoms with E-state index in [9.17, 15) is 0 Å². The molecule has 0 amide bonds. The molecular weight excluding hydrogens is 256 g/mol. The van der Waals surface area contributed by atoms with E-state index in [-0.39, 0.29) is 0 Å². The molecule has 0 heterocycles. The number of hydrogen-bond donors (Lipinski definition) is 0. The van der Waals surface area contributed by atoms with Crippen LogP contribution >= 0.6 is 0 Å². The number of rotatable bonds is 5. The molecule has 0 radical (unpaired) electrons. The monoisotopic (exact) mass is 274 g/mol. The van der Waals surface area contributed by atoms with E-state index in [1.807, 2.05) is 36.4 Å². The fraction of sp³-hybridized carbons (Fsp3) is 0.250. The maximum absolute atomic E-state index is 5.29. The molecule has 0 fully saturated rings. The van der Waals surface area contributed by atoms with Crippen molar-refractivity contribution in [1.82, 2.24) is 0 Å². The van der Waals surface area contributed by atoms with E-state index < -0.39 is 0 Å². The van der Waals surface area contributed by atoms with E-state index in [0.717, 1.165) is 34.1 Å². The summed E-state index contributed by atoms with van der Waals surface area (Å²) in [6.45, 7) is 0. The van der Waals surface area contributed by atoms with Crippen LogP contribution in [0, 0.1) is 0 Å². The SMILES string of the molecule is COc1cc(OC)cc(-c2cc(OC)cc(OC)c2)c1. The molecule has 0 saturated carbocycles. The molecule has 4 heteroatoms. The number of ether oxygens (including phenoxy) is 4. The lowest BCUT2D eigenvalue weighted by molar-refractivity contribution is 0.393. The topological polar surface area (TPSA) is 36.9 Å². The van der Waals surface area contributed by atoms with Crippen LogP contribution in [0.5, 0.6) is 23.0 Å². The molecule has 2 rings (SSSR count). The van der Waals surface area contributed by atoms with Crippen LogP contribution in [-0.4, -0.2) is 28.4 Å². The van der Waals surface area contributed by atoms with Gasteiger partial charge in [-0.1, -0.05) is 0 Å². The third kappa shape index (κ3) is 2.96. The fourth-order valence-corrected chi connectivity index (χ4v) is 1.95. The molecule has 0 aliphatic rings. The Morgan fingerprint density at radius 1 is 0.450 bits per heavy atom. The Kier molecular flexibility index (Phi) is 4.35. The highest BCUT2D eigenvalue weighted by Gasteiger charge is 2.08. The molecule has 4 nitrogen and oxygen atoms in total. The first-order valence-corrected chi connectivity index (χ1v) is 6.16. The second kappa shape index (κ2) is 6.19. The molecule has 0 atom stereocenters. The zero-order valence-electron chi connectivity index (χ0n) is 12.1. The van der Waals surface area contributed by atoms with E-state index in [0.29, 0.717) is 0 Å². The van der Waals surface area contributed by atoms with E-state index in [2.05, 4.69) is 0 Å². The summed E-state index contributed by atoms with van der Waals surface area (Å²) in [6, 6.07) is 11.4. The normalized spacial score (nSPS) is 10.0. The zero-order valence-corrected chi connectivity index (χ0v) is 12.1. The molecule has 0 saturated heterocycles. The van der Waals surface area contributed by atoms with Gasteiger partial charge in [-0.25, -0.2) is 0 Å². The maximum atomic E-state index is 5.29. The Balaban J connectivity index is 2.54. The van der Waals surface area contributed by atoms with Crippen LogP contribution in [0.4, 0.5) is 0 Å². The van der Waals surface area contributed by atoms with Crippen molar-refractivity contribution in [2.75, 3.05) is 28.4 Å². The van der Waals surface area contributed by atoms with Crippen molar-refractivity contribution in [1.29, 1.82) is 0 Å². The van der Waals surface area contributed by atoms with Gasteiger partial charge < -0.3 is 18.9 Å². The van der Waals surface area contributed by atoms with Gasteiger partial charge in [0.1, 0.15) is 23.0 Å². The summed E-state index contributed by atoms with van der Waals surface area (Å²) in [7, 11) is 6.52. The van der Waals surface area contributed by atoms with E-state index in [1.165, 1.54) is 0 Å². The average molecular weight is 274 g/mol. The number of benzene rings is 2. The lowest BCUT2D eigenvalue weighted by Crippen LogP contribution is -1.91. The van der Waals surface area contributed by atoms with Gasteiger partial charge in [0.2, 0.25) is 0 Å². The van der Waals surface area contributed by atoms with E-state index in [4.69, 9.17) is 18.9 Å². The summed E-state index contributed by atoms with van der Waals surface area (Å²) in [5, 5.41) is 0. The molecular formula is C16H18O4. The largest absolute Gasteiger partial charge is 0.497 e. The highest BCUT2D eigenvalue weighted by Crippen LogP contribution is 2.34. The summed E-state index contributed by atoms with van der Waals surface area (Å²) in [5.41, 5.74) is 1.94. The fourth-order valence-electron chi connectivity index (χ4n) is 1.95. The summed E-state index contributed by atoms with van der Waals surface area (Å²) >= 11 is 0. The predicted molar refractivity (Wildman–Crippen MR) is 78.1 cm³/mol. The third-order valence-electron chi connectivity index (χ3n) is 3.04. The van der Waals surface area contributed by atoms with Crippen LogP contribution < -0.4 is 18.9 Å².